The number of hydrogen-bond donors (Lipinski definition) is 1. The minimum atomic E-state index is -0.255. The van der Waals surface area contributed by atoms with Crippen molar-refractivity contribution >= 4 is 17.7 Å². The number of rotatable bonds is 10. The molecule has 2 aromatic carbocycles. The third-order valence-corrected chi connectivity index (χ3v) is 5.84. The first-order valence-corrected chi connectivity index (χ1v) is 11.7. The number of oxazole rings is 1. The zero-order valence-corrected chi connectivity index (χ0v) is 20.1. The van der Waals surface area contributed by atoms with Crippen LogP contribution in [0.4, 0.5) is 0 Å². The minimum Gasteiger partial charge on any atom is -0.497 e. The molecule has 0 radical (unpaired) electrons. The number of methoxy groups -OCH3 is 1. The van der Waals surface area contributed by atoms with Crippen LogP contribution in [-0.4, -0.2) is 64.9 Å². The van der Waals surface area contributed by atoms with Gasteiger partial charge >= 0.3 is 0 Å². The molecule has 0 atom stereocenters. The Morgan fingerprint density at radius 1 is 1.15 bits per heavy atom. The molecular formula is C24H26N6O3S. The summed E-state index contributed by atoms with van der Waals surface area (Å²) in [6.07, 6.45) is 1.38. The molecule has 0 aliphatic heterocycles. The number of thioether (sulfide) groups is 1. The van der Waals surface area contributed by atoms with Gasteiger partial charge in [-0.25, -0.2) is 4.98 Å². The van der Waals surface area contributed by atoms with Gasteiger partial charge in [-0.2, -0.15) is 0 Å². The number of carbonyl (C=O) groups is 1. The molecule has 1 amide bonds. The summed E-state index contributed by atoms with van der Waals surface area (Å²) < 4.78 is 12.9. The monoisotopic (exact) mass is 478 g/mol. The maximum atomic E-state index is 12.3. The number of ether oxygens (including phenoxy) is 1. The molecule has 2 aromatic heterocycles. The number of hydrogen-bond acceptors (Lipinski definition) is 8. The standard InChI is InChI=1S/C24H26N6O3S/c1-29(2)13-12-25-23(31)20-15-33-21(26-20)16-34-24-28-27-22(17-8-7-11-19(14-17)32-3)30(24)18-9-5-4-6-10-18/h4-11,14-15H,12-13,16H2,1-3H3,(H,25,31). The molecule has 0 saturated heterocycles. The molecule has 0 fully saturated rings. The average molecular weight is 479 g/mol. The fraction of sp³-hybridized carbons (Fsp3) is 0.250. The summed E-state index contributed by atoms with van der Waals surface area (Å²) in [6.45, 7) is 1.28. The lowest BCUT2D eigenvalue weighted by Gasteiger charge is -2.10. The van der Waals surface area contributed by atoms with Gasteiger partial charge in [-0.1, -0.05) is 42.1 Å². The highest BCUT2D eigenvalue weighted by Gasteiger charge is 2.18. The molecular weight excluding hydrogens is 452 g/mol. The van der Waals surface area contributed by atoms with Gasteiger partial charge in [-0.3, -0.25) is 9.36 Å². The summed E-state index contributed by atoms with van der Waals surface area (Å²) in [5.74, 6) is 2.02. The van der Waals surface area contributed by atoms with Gasteiger partial charge in [0.15, 0.2) is 16.7 Å². The van der Waals surface area contributed by atoms with Crippen LogP contribution in [0.15, 0.2) is 70.4 Å². The van der Waals surface area contributed by atoms with E-state index in [-0.39, 0.29) is 11.6 Å². The number of nitrogens with zero attached hydrogens (tertiary/aromatic N) is 5. The SMILES string of the molecule is COc1cccc(-c2nnc(SCc3nc(C(=O)NCCN(C)C)co3)n2-c2ccccc2)c1. The van der Waals surface area contributed by atoms with Crippen LogP contribution in [0.1, 0.15) is 16.4 Å². The summed E-state index contributed by atoms with van der Waals surface area (Å²) in [5, 5.41) is 12.4. The van der Waals surface area contributed by atoms with Crippen molar-refractivity contribution in [2.24, 2.45) is 0 Å². The van der Waals surface area contributed by atoms with E-state index >= 15 is 0 Å². The largest absolute Gasteiger partial charge is 0.497 e. The predicted octanol–water partition coefficient (Wildman–Crippen LogP) is 3.51. The van der Waals surface area contributed by atoms with Gasteiger partial charge in [-0.05, 0) is 38.4 Å². The van der Waals surface area contributed by atoms with E-state index in [0.717, 1.165) is 23.5 Å². The molecule has 0 spiro atoms. The molecule has 0 bridgehead atoms. The number of likely N-dealkylation sites (N-methyl/N-ethyl adjacent to an activating group) is 1. The number of para-hydroxylation sites is 1. The Bertz CT molecular complexity index is 1240. The first-order valence-electron chi connectivity index (χ1n) is 10.7. The number of amides is 1. The fourth-order valence-corrected chi connectivity index (χ4v) is 4.02. The second kappa shape index (κ2) is 11.0. The Kier molecular flexibility index (Phi) is 7.61. The van der Waals surface area contributed by atoms with E-state index in [0.29, 0.717) is 29.2 Å². The second-order valence-corrected chi connectivity index (χ2v) is 8.63. The predicted molar refractivity (Wildman–Crippen MR) is 130 cm³/mol. The highest BCUT2D eigenvalue weighted by molar-refractivity contribution is 7.98. The average Bonchev–Trinajstić information content (AvgIpc) is 3.50. The third kappa shape index (κ3) is 5.64. The lowest BCUT2D eigenvalue weighted by atomic mass is 10.2. The van der Waals surface area contributed by atoms with Crippen LogP contribution in [0, 0.1) is 0 Å². The molecule has 4 rings (SSSR count). The molecule has 2 heterocycles. The van der Waals surface area contributed by atoms with E-state index in [4.69, 9.17) is 9.15 Å². The van der Waals surface area contributed by atoms with E-state index < -0.39 is 0 Å². The first-order chi connectivity index (χ1) is 16.5. The smallest absolute Gasteiger partial charge is 0.273 e. The van der Waals surface area contributed by atoms with Crippen molar-refractivity contribution in [2.45, 2.75) is 10.9 Å². The molecule has 10 heteroatoms. The molecule has 0 aliphatic carbocycles. The summed E-state index contributed by atoms with van der Waals surface area (Å²) in [4.78, 5) is 18.6. The van der Waals surface area contributed by atoms with Crippen molar-refractivity contribution < 1.29 is 13.9 Å². The molecule has 176 valence electrons. The Hall–Kier alpha value is -3.63. The highest BCUT2D eigenvalue weighted by Crippen LogP contribution is 2.31. The third-order valence-electron chi connectivity index (χ3n) is 4.93. The van der Waals surface area contributed by atoms with Crippen LogP contribution in [0.3, 0.4) is 0 Å². The summed E-state index contributed by atoms with van der Waals surface area (Å²) in [7, 11) is 5.53. The lowest BCUT2D eigenvalue weighted by molar-refractivity contribution is 0.0946. The maximum Gasteiger partial charge on any atom is 0.273 e. The van der Waals surface area contributed by atoms with Gasteiger partial charge in [0, 0.05) is 24.3 Å². The quantitative estimate of drug-likeness (QED) is 0.346. The van der Waals surface area contributed by atoms with Gasteiger partial charge in [-0.15, -0.1) is 10.2 Å². The van der Waals surface area contributed by atoms with Crippen LogP contribution in [0.2, 0.25) is 0 Å². The van der Waals surface area contributed by atoms with Crippen LogP contribution in [0.25, 0.3) is 17.1 Å². The normalized spacial score (nSPS) is 11.1. The lowest BCUT2D eigenvalue weighted by Crippen LogP contribution is -2.31. The van der Waals surface area contributed by atoms with Gasteiger partial charge < -0.3 is 19.4 Å². The summed E-state index contributed by atoms with van der Waals surface area (Å²) in [6, 6.07) is 17.6. The molecule has 0 saturated carbocycles. The van der Waals surface area contributed by atoms with E-state index in [1.54, 1.807) is 7.11 Å². The first kappa shape index (κ1) is 23.5. The number of aromatic nitrogens is 4. The zero-order valence-electron chi connectivity index (χ0n) is 19.3. The van der Waals surface area contributed by atoms with Crippen molar-refractivity contribution in [1.29, 1.82) is 0 Å². The highest BCUT2D eigenvalue weighted by atomic mass is 32.2. The Labute approximate surface area is 202 Å². The second-order valence-electron chi connectivity index (χ2n) is 7.68. The molecule has 34 heavy (non-hydrogen) atoms. The van der Waals surface area contributed by atoms with Crippen LogP contribution in [-0.2, 0) is 5.75 Å². The van der Waals surface area contributed by atoms with Crippen LogP contribution < -0.4 is 10.1 Å². The Morgan fingerprint density at radius 3 is 2.74 bits per heavy atom. The van der Waals surface area contributed by atoms with Gasteiger partial charge in [0.25, 0.3) is 5.91 Å². The maximum absolute atomic E-state index is 12.3. The van der Waals surface area contributed by atoms with Crippen molar-refractivity contribution in [3.8, 4) is 22.8 Å². The Balaban J connectivity index is 1.53. The molecule has 1 N–H and O–H groups in total. The number of carbonyl (C=O) groups excluding carboxylic acids is 1. The number of nitrogens with one attached hydrogen (secondary N) is 1. The van der Waals surface area contributed by atoms with E-state index in [1.165, 1.54) is 18.0 Å². The van der Waals surface area contributed by atoms with E-state index in [2.05, 4.69) is 20.5 Å². The van der Waals surface area contributed by atoms with E-state index in [1.807, 2.05) is 78.2 Å². The van der Waals surface area contributed by atoms with Crippen LogP contribution >= 0.6 is 11.8 Å². The van der Waals surface area contributed by atoms with Crippen molar-refractivity contribution in [3.63, 3.8) is 0 Å². The molecule has 4 aromatic rings. The topological polar surface area (TPSA) is 98.3 Å². The molecule has 0 unspecified atom stereocenters. The summed E-state index contributed by atoms with van der Waals surface area (Å²) >= 11 is 1.43. The van der Waals surface area contributed by atoms with Crippen molar-refractivity contribution in [3.05, 3.63) is 72.4 Å². The van der Waals surface area contributed by atoms with Crippen molar-refractivity contribution in [2.75, 3.05) is 34.3 Å². The van der Waals surface area contributed by atoms with Gasteiger partial charge in [0.2, 0.25) is 5.89 Å². The van der Waals surface area contributed by atoms with Crippen molar-refractivity contribution in [1.82, 2.24) is 30.0 Å². The summed E-state index contributed by atoms with van der Waals surface area (Å²) in [5.41, 5.74) is 2.08. The van der Waals surface area contributed by atoms with Gasteiger partial charge in [0.05, 0.1) is 12.9 Å². The number of benzene rings is 2. The molecule has 9 nitrogen and oxygen atoms in total. The van der Waals surface area contributed by atoms with Crippen LogP contribution in [0.5, 0.6) is 5.75 Å². The molecule has 0 aliphatic rings. The fourth-order valence-electron chi connectivity index (χ4n) is 3.21. The van der Waals surface area contributed by atoms with Gasteiger partial charge in [0.1, 0.15) is 12.0 Å². The zero-order chi connectivity index (χ0) is 23.9. The Morgan fingerprint density at radius 2 is 1.97 bits per heavy atom. The van der Waals surface area contributed by atoms with E-state index in [9.17, 15) is 4.79 Å². The minimum absolute atomic E-state index is 0.255.